The molecule has 3 nitrogen and oxygen atoms in total. The standard InChI is InChI=1S/C10H13O3S/c1-10(2,3)14(12,13)9-6-4-5-8(9)7-11/h4-7H,1-3H3. The van der Waals surface area contributed by atoms with Crippen LogP contribution >= 0.6 is 0 Å². The molecule has 1 rings (SSSR count). The van der Waals surface area contributed by atoms with Crippen molar-refractivity contribution in [1.29, 1.82) is 0 Å². The Hall–Kier alpha value is -0.380. The molecule has 1 aliphatic carbocycles. The Bertz CT molecular complexity index is 311. The Kier molecular flexibility index (Phi) is 3.04. The molecule has 1 saturated carbocycles. The van der Waals surface area contributed by atoms with E-state index in [2.05, 4.69) is 0 Å². The second-order valence-electron chi connectivity index (χ2n) is 4.08. The molecular weight excluding hydrogens is 200 g/mol. The van der Waals surface area contributed by atoms with Crippen molar-refractivity contribution in [1.82, 2.24) is 0 Å². The van der Waals surface area contributed by atoms with Crippen LogP contribution in [0, 0.1) is 30.4 Å². The number of carbonyl (C=O) groups is 1. The molecule has 0 spiro atoms. The van der Waals surface area contributed by atoms with Gasteiger partial charge in [0.05, 0.1) is 10.7 Å². The lowest BCUT2D eigenvalue weighted by Crippen LogP contribution is -2.34. The summed E-state index contributed by atoms with van der Waals surface area (Å²) in [4.78, 5) is 10.6. The molecule has 0 aromatic carbocycles. The molecule has 14 heavy (non-hydrogen) atoms. The van der Waals surface area contributed by atoms with Crippen molar-refractivity contribution in [3.8, 4) is 0 Å². The van der Waals surface area contributed by atoms with E-state index >= 15 is 0 Å². The number of hydrogen-bond donors (Lipinski definition) is 0. The maximum Gasteiger partial charge on any atom is 0.163 e. The van der Waals surface area contributed by atoms with Gasteiger partial charge < -0.3 is 4.79 Å². The summed E-state index contributed by atoms with van der Waals surface area (Å²) in [7, 11) is -3.41. The van der Waals surface area contributed by atoms with E-state index in [1.165, 1.54) is 12.8 Å². The predicted octanol–water partition coefficient (Wildman–Crippen LogP) is 1.13. The molecule has 77 valence electrons. The van der Waals surface area contributed by atoms with Crippen molar-refractivity contribution in [3.05, 3.63) is 30.4 Å². The minimum Gasteiger partial charge on any atom is -0.303 e. The fraction of sp³-hybridized carbons (Fsp3) is 0.400. The van der Waals surface area contributed by atoms with Crippen molar-refractivity contribution in [3.63, 3.8) is 0 Å². The Morgan fingerprint density at radius 3 is 2.21 bits per heavy atom. The van der Waals surface area contributed by atoms with Crippen molar-refractivity contribution in [2.24, 2.45) is 0 Å². The molecule has 0 heterocycles. The third-order valence-corrected chi connectivity index (χ3v) is 4.59. The highest BCUT2D eigenvalue weighted by Gasteiger charge is 2.45. The number of carbonyl (C=O) groups excluding carboxylic acids is 1. The van der Waals surface area contributed by atoms with Gasteiger partial charge in [-0.3, -0.25) is 0 Å². The van der Waals surface area contributed by atoms with Crippen molar-refractivity contribution in [2.75, 3.05) is 0 Å². The van der Waals surface area contributed by atoms with Crippen LogP contribution in [0.25, 0.3) is 0 Å². The maximum atomic E-state index is 11.9. The fourth-order valence-electron chi connectivity index (χ4n) is 1.09. The van der Waals surface area contributed by atoms with E-state index in [1.54, 1.807) is 27.2 Å². The van der Waals surface area contributed by atoms with Crippen LogP contribution in [0.1, 0.15) is 20.8 Å². The largest absolute Gasteiger partial charge is 0.303 e. The molecule has 0 amide bonds. The quantitative estimate of drug-likeness (QED) is 0.646. The van der Waals surface area contributed by atoms with Crippen LogP contribution in [0.2, 0.25) is 0 Å². The molecule has 0 N–H and O–H groups in total. The molecule has 5 radical (unpaired) electrons. The molecule has 4 heteroatoms. The van der Waals surface area contributed by atoms with E-state index in [0.29, 0.717) is 6.29 Å². The molecule has 0 aliphatic heterocycles. The lowest BCUT2D eigenvalue weighted by Gasteiger charge is -2.24. The van der Waals surface area contributed by atoms with Crippen LogP contribution in [0.3, 0.4) is 0 Å². The third kappa shape index (κ3) is 1.85. The topological polar surface area (TPSA) is 51.2 Å². The molecule has 1 fully saturated rings. The second kappa shape index (κ2) is 3.65. The van der Waals surface area contributed by atoms with Gasteiger partial charge in [-0.25, -0.2) is 8.42 Å². The first-order valence-corrected chi connectivity index (χ1v) is 5.74. The van der Waals surface area contributed by atoms with Gasteiger partial charge in [0, 0.05) is 0 Å². The number of hydrogen-bond acceptors (Lipinski definition) is 3. The van der Waals surface area contributed by atoms with Crippen molar-refractivity contribution >= 4 is 16.1 Å². The molecule has 0 aromatic rings. The summed E-state index contributed by atoms with van der Waals surface area (Å²) in [6, 6.07) is 0. The molecule has 0 unspecified atom stereocenters. The van der Waals surface area contributed by atoms with E-state index in [-0.39, 0.29) is 11.2 Å². The summed E-state index contributed by atoms with van der Waals surface area (Å²) in [5.74, 6) is 0.236. The van der Waals surface area contributed by atoms with Gasteiger partial charge in [-0.05, 0) is 40.0 Å². The Morgan fingerprint density at radius 1 is 1.21 bits per heavy atom. The summed E-state index contributed by atoms with van der Waals surface area (Å²) >= 11 is 0. The van der Waals surface area contributed by atoms with E-state index in [0.717, 1.165) is 0 Å². The zero-order chi connectivity index (χ0) is 11.0. The zero-order valence-corrected chi connectivity index (χ0v) is 9.26. The van der Waals surface area contributed by atoms with Crippen LogP contribution in [-0.2, 0) is 14.6 Å². The highest BCUT2D eigenvalue weighted by Crippen LogP contribution is 2.40. The first-order valence-electron chi connectivity index (χ1n) is 4.26. The monoisotopic (exact) mass is 213 g/mol. The van der Waals surface area contributed by atoms with Crippen LogP contribution < -0.4 is 0 Å². The third-order valence-electron chi connectivity index (χ3n) is 2.03. The fourth-order valence-corrected chi connectivity index (χ4v) is 2.43. The Labute approximate surface area is 85.8 Å². The smallest absolute Gasteiger partial charge is 0.163 e. The molecule has 0 aromatic heterocycles. The summed E-state index contributed by atoms with van der Waals surface area (Å²) in [6.07, 6.45) is 5.11. The lowest BCUT2D eigenvalue weighted by molar-refractivity contribution is -0.105. The number of aldehydes is 1. The first-order chi connectivity index (χ1) is 6.30. The highest BCUT2D eigenvalue weighted by molar-refractivity contribution is 7.96. The molecule has 0 bridgehead atoms. The van der Waals surface area contributed by atoms with Gasteiger partial charge in [-0.15, -0.1) is 0 Å². The van der Waals surface area contributed by atoms with E-state index < -0.39 is 14.6 Å². The van der Waals surface area contributed by atoms with E-state index in [9.17, 15) is 13.2 Å². The summed E-state index contributed by atoms with van der Waals surface area (Å²) < 4.78 is 23.0. The van der Waals surface area contributed by atoms with Gasteiger partial charge >= 0.3 is 0 Å². The van der Waals surface area contributed by atoms with Crippen molar-refractivity contribution < 1.29 is 13.2 Å². The van der Waals surface area contributed by atoms with Crippen LogP contribution in [-0.4, -0.2) is 19.5 Å². The number of rotatable bonds is 2. The maximum absolute atomic E-state index is 11.9. The van der Waals surface area contributed by atoms with Gasteiger partial charge in [0.1, 0.15) is 11.5 Å². The molecule has 1 aliphatic rings. The number of sulfone groups is 1. The van der Waals surface area contributed by atoms with Gasteiger partial charge in [0.2, 0.25) is 0 Å². The second-order valence-corrected chi connectivity index (χ2v) is 6.75. The minimum atomic E-state index is -3.41. The van der Waals surface area contributed by atoms with E-state index in [4.69, 9.17) is 0 Å². The van der Waals surface area contributed by atoms with Crippen molar-refractivity contribution in [2.45, 2.75) is 25.5 Å². The highest BCUT2D eigenvalue weighted by atomic mass is 32.2. The SMILES string of the molecule is CC(C)(C)S(=O)(=O)[C]1[CH][CH][CH][C]1C=O. The Balaban J connectivity index is 2.99. The average Bonchev–Trinajstić information content (AvgIpc) is 2.49. The molecule has 0 saturated heterocycles. The summed E-state index contributed by atoms with van der Waals surface area (Å²) in [5, 5.41) is 0.125. The molecular formula is C10H13O3S. The van der Waals surface area contributed by atoms with Gasteiger partial charge in [0.25, 0.3) is 0 Å². The summed E-state index contributed by atoms with van der Waals surface area (Å²) in [6.45, 7) is 4.84. The predicted molar refractivity (Wildman–Crippen MR) is 54.1 cm³/mol. The summed E-state index contributed by atoms with van der Waals surface area (Å²) in [5.41, 5.74) is 0. The van der Waals surface area contributed by atoms with Gasteiger partial charge in [0.15, 0.2) is 9.84 Å². The normalized spacial score (nSPS) is 21.4. The van der Waals surface area contributed by atoms with Gasteiger partial charge in [-0.2, -0.15) is 0 Å². The first kappa shape index (κ1) is 11.7. The average molecular weight is 213 g/mol. The Morgan fingerprint density at radius 2 is 1.79 bits per heavy atom. The van der Waals surface area contributed by atoms with Gasteiger partial charge in [-0.1, -0.05) is 0 Å². The van der Waals surface area contributed by atoms with Crippen LogP contribution in [0.5, 0.6) is 0 Å². The lowest BCUT2D eigenvalue weighted by atomic mass is 10.1. The minimum absolute atomic E-state index is 0.125. The zero-order valence-electron chi connectivity index (χ0n) is 8.44. The van der Waals surface area contributed by atoms with Crippen LogP contribution in [0.4, 0.5) is 0 Å². The van der Waals surface area contributed by atoms with Crippen LogP contribution in [0.15, 0.2) is 0 Å². The molecule has 0 atom stereocenters. The van der Waals surface area contributed by atoms with E-state index in [1.807, 2.05) is 0 Å².